The fourth-order valence-electron chi connectivity index (χ4n) is 2.28. The lowest BCUT2D eigenvalue weighted by Gasteiger charge is -2.18. The maximum Gasteiger partial charge on any atom is 0.422 e. The molecule has 1 aliphatic heterocycles. The van der Waals surface area contributed by atoms with E-state index in [1.165, 1.54) is 0 Å². The summed E-state index contributed by atoms with van der Waals surface area (Å²) in [6.45, 7) is -1.68. The van der Waals surface area contributed by atoms with Gasteiger partial charge in [-0.15, -0.1) is 0 Å². The molecule has 21 heavy (non-hydrogen) atoms. The van der Waals surface area contributed by atoms with Gasteiger partial charge in [-0.05, 0) is 11.6 Å². The van der Waals surface area contributed by atoms with Crippen LogP contribution in [0.2, 0.25) is 0 Å². The molecule has 114 valence electrons. The molecule has 1 amide bonds. The lowest BCUT2D eigenvalue weighted by atomic mass is 9.98. The number of anilines is 1. The molecular weight excluding hydrogens is 291 g/mol. The predicted molar refractivity (Wildman–Crippen MR) is 66.2 cm³/mol. The first-order valence-electron chi connectivity index (χ1n) is 6.09. The number of nitrogens with zero attached hydrogens (tertiary/aromatic N) is 1. The second kappa shape index (κ2) is 5.63. The first-order chi connectivity index (χ1) is 9.78. The Morgan fingerprint density at radius 3 is 2.62 bits per heavy atom. The van der Waals surface area contributed by atoms with E-state index in [-0.39, 0.29) is 13.0 Å². The van der Waals surface area contributed by atoms with Gasteiger partial charge in [0.15, 0.2) is 6.61 Å². The number of alkyl halides is 3. The Morgan fingerprint density at radius 2 is 2.00 bits per heavy atom. The molecule has 1 aromatic rings. The van der Waals surface area contributed by atoms with Crippen LogP contribution in [0.25, 0.3) is 0 Å². The summed E-state index contributed by atoms with van der Waals surface area (Å²) in [7, 11) is 0. The number of aliphatic carboxylic acids is 1. The van der Waals surface area contributed by atoms with E-state index in [1.807, 2.05) is 0 Å². The number of carboxylic acid groups (broad SMARTS) is 1. The van der Waals surface area contributed by atoms with E-state index in [9.17, 15) is 22.8 Å². The lowest BCUT2D eigenvalue weighted by Crippen LogP contribution is -2.33. The Balaban J connectivity index is 2.15. The highest BCUT2D eigenvalue weighted by Crippen LogP contribution is 2.38. The minimum atomic E-state index is -4.60. The average Bonchev–Trinajstić information content (AvgIpc) is 2.74. The highest BCUT2D eigenvalue weighted by atomic mass is 19.4. The monoisotopic (exact) mass is 303 g/mol. The molecule has 0 fully saturated rings. The van der Waals surface area contributed by atoms with Crippen LogP contribution in [0.1, 0.15) is 17.9 Å². The molecule has 5 nitrogen and oxygen atoms in total. The maximum absolute atomic E-state index is 12.1. The molecular formula is C13H12F3NO4. The van der Waals surface area contributed by atoms with Gasteiger partial charge >= 0.3 is 18.2 Å². The van der Waals surface area contributed by atoms with Crippen LogP contribution in [-0.2, 0) is 9.53 Å². The van der Waals surface area contributed by atoms with Gasteiger partial charge in [-0.3, -0.25) is 9.69 Å². The summed E-state index contributed by atoms with van der Waals surface area (Å²) in [6, 6.07) is 6.50. The molecule has 1 N–H and O–H groups in total. The van der Waals surface area contributed by atoms with Gasteiger partial charge in [-0.25, -0.2) is 4.79 Å². The number of para-hydroxylation sites is 1. The number of halogens is 3. The normalized spacial score (nSPS) is 17.5. The smallest absolute Gasteiger partial charge is 0.422 e. The van der Waals surface area contributed by atoms with Gasteiger partial charge in [0.25, 0.3) is 0 Å². The van der Waals surface area contributed by atoms with Crippen LogP contribution in [-0.4, -0.2) is 36.5 Å². The zero-order chi connectivity index (χ0) is 15.6. The number of amides is 1. The summed E-state index contributed by atoms with van der Waals surface area (Å²) in [6.07, 6.45) is -5.94. The molecule has 2 rings (SSSR count). The summed E-state index contributed by atoms with van der Waals surface area (Å²) in [5.41, 5.74) is 1.000. The second-order valence-electron chi connectivity index (χ2n) is 4.63. The number of benzene rings is 1. The molecule has 1 aliphatic rings. The zero-order valence-electron chi connectivity index (χ0n) is 10.8. The molecule has 1 unspecified atom stereocenters. The van der Waals surface area contributed by atoms with Gasteiger partial charge in [-0.2, -0.15) is 13.2 Å². The number of carbonyl (C=O) groups excluding carboxylic acids is 1. The standard InChI is InChI=1S/C13H12F3NO4/c14-13(15,16)7-21-12(20)17-6-8(5-11(18)19)9-3-1-2-4-10(9)17/h1-4,8H,5-7H2,(H,18,19). The third kappa shape index (κ3) is 3.65. The summed E-state index contributed by atoms with van der Waals surface area (Å²) in [5, 5.41) is 8.85. The fraction of sp³-hybridized carbons (Fsp3) is 0.385. The molecule has 0 bridgehead atoms. The first kappa shape index (κ1) is 15.1. The number of rotatable bonds is 3. The van der Waals surface area contributed by atoms with Crippen LogP contribution in [0.5, 0.6) is 0 Å². The minimum Gasteiger partial charge on any atom is -0.481 e. The third-order valence-corrected chi connectivity index (χ3v) is 3.07. The summed E-state index contributed by atoms with van der Waals surface area (Å²) in [5.74, 6) is -1.50. The largest absolute Gasteiger partial charge is 0.481 e. The van der Waals surface area contributed by atoms with Gasteiger partial charge < -0.3 is 9.84 Å². The maximum atomic E-state index is 12.1. The van der Waals surface area contributed by atoms with E-state index in [0.717, 1.165) is 4.90 Å². The second-order valence-corrected chi connectivity index (χ2v) is 4.63. The van der Waals surface area contributed by atoms with Crippen LogP contribution in [0, 0.1) is 0 Å². The van der Waals surface area contributed by atoms with Crippen molar-refractivity contribution in [3.05, 3.63) is 29.8 Å². The van der Waals surface area contributed by atoms with Crippen LogP contribution in [0.15, 0.2) is 24.3 Å². The van der Waals surface area contributed by atoms with Crippen LogP contribution >= 0.6 is 0 Å². The van der Waals surface area contributed by atoms with Gasteiger partial charge in [-0.1, -0.05) is 18.2 Å². The number of ether oxygens (including phenoxy) is 1. The highest BCUT2D eigenvalue weighted by Gasteiger charge is 2.36. The highest BCUT2D eigenvalue weighted by molar-refractivity contribution is 5.91. The first-order valence-corrected chi connectivity index (χ1v) is 6.09. The summed E-state index contributed by atoms with van der Waals surface area (Å²) < 4.78 is 40.4. The van der Waals surface area contributed by atoms with E-state index in [2.05, 4.69) is 4.74 Å². The number of hydrogen-bond acceptors (Lipinski definition) is 3. The van der Waals surface area contributed by atoms with E-state index < -0.39 is 30.8 Å². The fourth-order valence-corrected chi connectivity index (χ4v) is 2.28. The van der Waals surface area contributed by atoms with Crippen molar-refractivity contribution < 1.29 is 32.6 Å². The van der Waals surface area contributed by atoms with Crippen molar-refractivity contribution in [2.75, 3.05) is 18.1 Å². The van der Waals surface area contributed by atoms with Crippen molar-refractivity contribution in [3.63, 3.8) is 0 Å². The molecule has 0 aromatic heterocycles. The van der Waals surface area contributed by atoms with Crippen molar-refractivity contribution in [1.82, 2.24) is 0 Å². The lowest BCUT2D eigenvalue weighted by molar-refractivity contribution is -0.159. The van der Waals surface area contributed by atoms with Crippen molar-refractivity contribution in [3.8, 4) is 0 Å². The number of carbonyl (C=O) groups is 2. The van der Waals surface area contributed by atoms with Gasteiger partial charge in [0, 0.05) is 12.5 Å². The average molecular weight is 303 g/mol. The van der Waals surface area contributed by atoms with Crippen molar-refractivity contribution in [2.24, 2.45) is 0 Å². The zero-order valence-corrected chi connectivity index (χ0v) is 10.8. The molecule has 0 saturated heterocycles. The van der Waals surface area contributed by atoms with Gasteiger partial charge in [0.05, 0.1) is 12.1 Å². The third-order valence-electron chi connectivity index (χ3n) is 3.07. The molecule has 8 heteroatoms. The van der Waals surface area contributed by atoms with Gasteiger partial charge in [0.2, 0.25) is 0 Å². The van der Waals surface area contributed by atoms with Crippen molar-refractivity contribution in [1.29, 1.82) is 0 Å². The van der Waals surface area contributed by atoms with E-state index in [0.29, 0.717) is 11.3 Å². The summed E-state index contributed by atoms with van der Waals surface area (Å²) >= 11 is 0. The Kier molecular flexibility index (Phi) is 4.06. The molecule has 0 aliphatic carbocycles. The molecule has 0 saturated carbocycles. The Labute approximate surface area is 117 Å². The number of hydrogen-bond donors (Lipinski definition) is 1. The van der Waals surface area contributed by atoms with Crippen LogP contribution < -0.4 is 4.90 Å². The molecule has 0 spiro atoms. The molecule has 1 heterocycles. The summed E-state index contributed by atoms with van der Waals surface area (Å²) in [4.78, 5) is 23.6. The quantitative estimate of drug-likeness (QED) is 0.932. The molecule has 0 radical (unpaired) electrons. The number of fused-ring (bicyclic) bond motifs is 1. The Hall–Kier alpha value is -2.25. The molecule has 1 aromatic carbocycles. The van der Waals surface area contributed by atoms with Gasteiger partial charge in [0.1, 0.15) is 0 Å². The predicted octanol–water partition coefficient (Wildman–Crippen LogP) is 2.76. The van der Waals surface area contributed by atoms with E-state index >= 15 is 0 Å². The minimum absolute atomic E-state index is 0.0116. The topological polar surface area (TPSA) is 66.8 Å². The SMILES string of the molecule is O=C(O)CC1CN(C(=O)OCC(F)(F)F)c2ccccc21. The number of carboxylic acids is 1. The van der Waals surface area contributed by atoms with Crippen LogP contribution in [0.3, 0.4) is 0 Å². The van der Waals surface area contributed by atoms with E-state index in [1.54, 1.807) is 24.3 Å². The van der Waals surface area contributed by atoms with Crippen molar-refractivity contribution in [2.45, 2.75) is 18.5 Å². The van der Waals surface area contributed by atoms with E-state index in [4.69, 9.17) is 5.11 Å². The Morgan fingerprint density at radius 1 is 1.33 bits per heavy atom. The Bertz CT molecular complexity index is 559. The molecule has 1 atom stereocenters. The van der Waals surface area contributed by atoms with Crippen molar-refractivity contribution >= 4 is 17.7 Å². The van der Waals surface area contributed by atoms with Crippen LogP contribution in [0.4, 0.5) is 23.7 Å².